The Bertz CT molecular complexity index is 325. The summed E-state index contributed by atoms with van der Waals surface area (Å²) in [6.45, 7) is 0. The lowest BCUT2D eigenvalue weighted by Crippen LogP contribution is -1.86. The van der Waals surface area contributed by atoms with Crippen molar-refractivity contribution in [3.05, 3.63) is 33.3 Å². The fourth-order valence-electron chi connectivity index (χ4n) is 1.60. The third-order valence-corrected chi connectivity index (χ3v) is 3.80. The minimum atomic E-state index is 0.643. The third-order valence-electron chi connectivity index (χ3n) is 2.48. The molecule has 0 bridgehead atoms. The third kappa shape index (κ3) is 2.03. The zero-order valence-electron chi connectivity index (χ0n) is 6.93. The Morgan fingerprint density at radius 2 is 2.23 bits per heavy atom. The van der Waals surface area contributed by atoms with Crippen LogP contribution in [0.3, 0.4) is 0 Å². The number of rotatable bonds is 2. The van der Waals surface area contributed by atoms with Gasteiger partial charge in [0, 0.05) is 15.4 Å². The summed E-state index contributed by atoms with van der Waals surface area (Å²) >= 11 is 15.2. The average molecular weight is 280 g/mol. The molecule has 1 aliphatic carbocycles. The molecule has 0 amide bonds. The van der Waals surface area contributed by atoms with E-state index in [4.69, 9.17) is 23.2 Å². The molecule has 2 atom stereocenters. The first kappa shape index (κ1) is 9.82. The Balaban J connectivity index is 2.22. The molecule has 1 aromatic carbocycles. The zero-order valence-corrected chi connectivity index (χ0v) is 10.0. The number of hydrogen-bond donors (Lipinski definition) is 0. The van der Waals surface area contributed by atoms with Gasteiger partial charge in [-0.25, -0.2) is 0 Å². The molecule has 13 heavy (non-hydrogen) atoms. The fourth-order valence-corrected chi connectivity index (χ4v) is 2.92. The highest BCUT2D eigenvalue weighted by molar-refractivity contribution is 9.10. The van der Waals surface area contributed by atoms with Crippen molar-refractivity contribution in [1.29, 1.82) is 0 Å². The van der Waals surface area contributed by atoms with Gasteiger partial charge < -0.3 is 0 Å². The molecule has 2 rings (SSSR count). The van der Waals surface area contributed by atoms with Crippen molar-refractivity contribution in [1.82, 2.24) is 0 Å². The molecular weight excluding hydrogens is 271 g/mol. The molecule has 0 heterocycles. The van der Waals surface area contributed by atoms with Gasteiger partial charge in [-0.2, -0.15) is 0 Å². The number of hydrogen-bond acceptors (Lipinski definition) is 0. The Morgan fingerprint density at radius 3 is 2.77 bits per heavy atom. The van der Waals surface area contributed by atoms with Gasteiger partial charge in [-0.3, -0.25) is 0 Å². The van der Waals surface area contributed by atoms with E-state index in [2.05, 4.69) is 22.0 Å². The lowest BCUT2D eigenvalue weighted by molar-refractivity contribution is 0.920. The Kier molecular flexibility index (Phi) is 2.87. The Morgan fingerprint density at radius 1 is 1.46 bits per heavy atom. The van der Waals surface area contributed by atoms with Gasteiger partial charge in [-0.05, 0) is 36.0 Å². The molecule has 0 aliphatic heterocycles. The molecule has 0 spiro atoms. The molecule has 0 saturated heterocycles. The summed E-state index contributed by atoms with van der Waals surface area (Å²) in [6, 6.07) is 5.97. The van der Waals surface area contributed by atoms with Crippen LogP contribution in [-0.4, -0.2) is 5.88 Å². The maximum absolute atomic E-state index is 5.86. The van der Waals surface area contributed by atoms with E-state index in [9.17, 15) is 0 Å². The van der Waals surface area contributed by atoms with E-state index in [1.54, 1.807) is 0 Å². The molecule has 1 fully saturated rings. The van der Waals surface area contributed by atoms with Crippen LogP contribution in [0.2, 0.25) is 5.02 Å². The second-order valence-electron chi connectivity index (χ2n) is 3.42. The molecule has 2 unspecified atom stereocenters. The molecule has 70 valence electrons. The zero-order chi connectivity index (χ0) is 9.42. The predicted molar refractivity (Wildman–Crippen MR) is 60.7 cm³/mol. The normalized spacial score (nSPS) is 26.1. The van der Waals surface area contributed by atoms with E-state index < -0.39 is 0 Å². The van der Waals surface area contributed by atoms with Gasteiger partial charge >= 0.3 is 0 Å². The van der Waals surface area contributed by atoms with Crippen molar-refractivity contribution in [3.8, 4) is 0 Å². The van der Waals surface area contributed by atoms with Crippen molar-refractivity contribution in [2.45, 2.75) is 12.3 Å². The Hall–Kier alpha value is 0.280. The molecule has 1 aromatic rings. The van der Waals surface area contributed by atoms with Crippen LogP contribution in [-0.2, 0) is 0 Å². The largest absolute Gasteiger partial charge is 0.126 e. The molecule has 3 heteroatoms. The standard InChI is InChI=1S/C10H9BrCl2/c11-10-4-7(13)1-2-8(10)9-3-6(9)5-12/h1-2,4,6,9H,3,5H2. The molecule has 1 aliphatic rings. The maximum atomic E-state index is 5.86. The van der Waals surface area contributed by atoms with Gasteiger partial charge in [0.15, 0.2) is 0 Å². The van der Waals surface area contributed by atoms with E-state index in [1.165, 1.54) is 12.0 Å². The van der Waals surface area contributed by atoms with E-state index in [1.807, 2.05) is 12.1 Å². The van der Waals surface area contributed by atoms with Gasteiger partial charge in [0.25, 0.3) is 0 Å². The second kappa shape index (κ2) is 3.80. The number of halogens is 3. The maximum Gasteiger partial charge on any atom is 0.0417 e. The van der Waals surface area contributed by atoms with Crippen molar-refractivity contribution >= 4 is 39.1 Å². The minimum absolute atomic E-state index is 0.643. The quantitative estimate of drug-likeness (QED) is 0.702. The van der Waals surface area contributed by atoms with Crippen LogP contribution in [0.4, 0.5) is 0 Å². The molecular formula is C10H9BrCl2. The van der Waals surface area contributed by atoms with Gasteiger partial charge in [0.05, 0.1) is 0 Å². The minimum Gasteiger partial charge on any atom is -0.126 e. The molecule has 0 nitrogen and oxygen atoms in total. The summed E-state index contributed by atoms with van der Waals surface area (Å²) in [6.07, 6.45) is 1.21. The summed E-state index contributed by atoms with van der Waals surface area (Å²) in [4.78, 5) is 0. The van der Waals surface area contributed by atoms with E-state index in [0.29, 0.717) is 11.8 Å². The van der Waals surface area contributed by atoms with Crippen molar-refractivity contribution in [2.75, 3.05) is 5.88 Å². The highest BCUT2D eigenvalue weighted by Gasteiger charge is 2.38. The van der Waals surface area contributed by atoms with Gasteiger partial charge in [-0.1, -0.05) is 33.6 Å². The van der Waals surface area contributed by atoms with Crippen molar-refractivity contribution in [3.63, 3.8) is 0 Å². The molecule has 0 radical (unpaired) electrons. The summed E-state index contributed by atoms with van der Waals surface area (Å²) in [5, 5.41) is 0.777. The Labute approximate surface area is 96.4 Å². The highest BCUT2D eigenvalue weighted by Crippen LogP contribution is 2.50. The van der Waals surface area contributed by atoms with Crippen molar-refractivity contribution in [2.24, 2.45) is 5.92 Å². The first-order valence-electron chi connectivity index (χ1n) is 4.23. The SMILES string of the molecule is ClCC1CC1c1ccc(Cl)cc1Br. The summed E-state index contributed by atoms with van der Waals surface area (Å²) in [5.41, 5.74) is 1.34. The summed E-state index contributed by atoms with van der Waals surface area (Å²) < 4.78 is 1.11. The van der Waals surface area contributed by atoms with E-state index in [0.717, 1.165) is 15.4 Å². The fraction of sp³-hybridized carbons (Fsp3) is 0.400. The summed E-state index contributed by atoms with van der Waals surface area (Å²) in [5.74, 6) is 2.07. The van der Waals surface area contributed by atoms with Crippen LogP contribution >= 0.6 is 39.1 Å². The highest BCUT2D eigenvalue weighted by atomic mass is 79.9. The van der Waals surface area contributed by atoms with Gasteiger partial charge in [-0.15, -0.1) is 11.6 Å². The van der Waals surface area contributed by atoms with Crippen LogP contribution < -0.4 is 0 Å². The van der Waals surface area contributed by atoms with Crippen LogP contribution in [0.1, 0.15) is 17.9 Å². The number of alkyl halides is 1. The van der Waals surface area contributed by atoms with Gasteiger partial charge in [0.2, 0.25) is 0 Å². The lowest BCUT2D eigenvalue weighted by atomic mass is 10.1. The van der Waals surface area contributed by atoms with E-state index in [-0.39, 0.29) is 0 Å². The lowest BCUT2D eigenvalue weighted by Gasteiger charge is -2.02. The average Bonchev–Trinajstić information content (AvgIpc) is 2.83. The van der Waals surface area contributed by atoms with Crippen molar-refractivity contribution < 1.29 is 0 Å². The molecule has 0 aromatic heterocycles. The van der Waals surface area contributed by atoms with Crippen LogP contribution in [0, 0.1) is 5.92 Å². The van der Waals surface area contributed by atoms with Crippen LogP contribution in [0.25, 0.3) is 0 Å². The molecule has 1 saturated carbocycles. The topological polar surface area (TPSA) is 0 Å². The van der Waals surface area contributed by atoms with E-state index >= 15 is 0 Å². The summed E-state index contributed by atoms with van der Waals surface area (Å²) in [7, 11) is 0. The monoisotopic (exact) mass is 278 g/mol. The smallest absolute Gasteiger partial charge is 0.0417 e. The predicted octanol–water partition coefficient (Wildman–Crippen LogP) is 4.44. The first-order chi connectivity index (χ1) is 6.22. The first-order valence-corrected chi connectivity index (χ1v) is 5.94. The van der Waals surface area contributed by atoms with Crippen LogP contribution in [0.5, 0.6) is 0 Å². The number of benzene rings is 1. The molecule has 0 N–H and O–H groups in total. The second-order valence-corrected chi connectivity index (χ2v) is 5.02. The van der Waals surface area contributed by atoms with Gasteiger partial charge in [0.1, 0.15) is 0 Å². The van der Waals surface area contributed by atoms with Crippen LogP contribution in [0.15, 0.2) is 22.7 Å².